The number of phenolic OH excluding ortho intramolecular Hbond substituents is 2. The summed E-state index contributed by atoms with van der Waals surface area (Å²) < 4.78 is 5.78. The Bertz CT molecular complexity index is 1110. The van der Waals surface area contributed by atoms with Crippen molar-refractivity contribution in [3.63, 3.8) is 0 Å². The summed E-state index contributed by atoms with van der Waals surface area (Å²) in [5.74, 6) is -0.349. The number of Topliss-reactive ketones (excluding diaryl/α,β-unsaturated/α-hetero) is 2. The SMILES string of the molecule is CC.CC(=O)c1cc(C(C)=O)c(O)cc1O.CCc1ccc(OCCN(C)CC)cc1CC.CCc1cccs1. The zero-order chi connectivity index (χ0) is 30.7. The first kappa shape index (κ1) is 36.8. The number of ether oxygens (including phenoxy) is 1. The van der Waals surface area contributed by atoms with Gasteiger partial charge in [-0.25, -0.2) is 0 Å². The van der Waals surface area contributed by atoms with Crippen LogP contribution in [0.15, 0.2) is 47.8 Å². The summed E-state index contributed by atoms with van der Waals surface area (Å²) in [6.45, 7) is 18.1. The average Bonchev–Trinajstić information content (AvgIpc) is 3.48. The molecule has 3 rings (SSSR count). The lowest BCUT2D eigenvalue weighted by Gasteiger charge is -2.15. The smallest absolute Gasteiger partial charge is 0.163 e. The van der Waals surface area contributed by atoms with Crippen molar-refractivity contribution < 1.29 is 24.5 Å². The van der Waals surface area contributed by atoms with E-state index in [0.29, 0.717) is 0 Å². The van der Waals surface area contributed by atoms with E-state index in [0.717, 1.165) is 44.4 Å². The Balaban J connectivity index is 0.000000591. The molecule has 0 fully saturated rings. The zero-order valence-corrected chi connectivity index (χ0v) is 26.7. The molecule has 2 N–H and O–H groups in total. The molecule has 40 heavy (non-hydrogen) atoms. The number of aryl methyl sites for hydroxylation is 3. The molecule has 0 radical (unpaired) electrons. The van der Waals surface area contributed by atoms with Gasteiger partial charge in [0.2, 0.25) is 0 Å². The molecule has 222 valence electrons. The Morgan fingerprint density at radius 3 is 1.80 bits per heavy atom. The van der Waals surface area contributed by atoms with Crippen LogP contribution < -0.4 is 4.74 Å². The molecule has 0 aliphatic heterocycles. The van der Waals surface area contributed by atoms with E-state index < -0.39 is 0 Å². The summed E-state index contributed by atoms with van der Waals surface area (Å²) in [6.07, 6.45) is 3.36. The van der Waals surface area contributed by atoms with E-state index in [1.165, 1.54) is 42.3 Å². The van der Waals surface area contributed by atoms with Crippen molar-refractivity contribution in [1.29, 1.82) is 0 Å². The fraction of sp³-hybridized carbons (Fsp3) is 0.455. The number of hydrogen-bond acceptors (Lipinski definition) is 7. The molecule has 0 unspecified atom stereocenters. The van der Waals surface area contributed by atoms with E-state index >= 15 is 0 Å². The molecular weight excluding hydrogens is 522 g/mol. The Kier molecular flexibility index (Phi) is 19.1. The highest BCUT2D eigenvalue weighted by molar-refractivity contribution is 7.09. The fourth-order valence-corrected chi connectivity index (χ4v) is 4.15. The highest BCUT2D eigenvalue weighted by Gasteiger charge is 2.14. The number of likely N-dealkylation sites (N-methyl/N-ethyl adjacent to an activating group) is 1. The second kappa shape index (κ2) is 20.7. The number of phenols is 2. The van der Waals surface area contributed by atoms with Crippen LogP contribution in [0.2, 0.25) is 0 Å². The van der Waals surface area contributed by atoms with Crippen molar-refractivity contribution in [2.45, 2.75) is 74.7 Å². The van der Waals surface area contributed by atoms with Crippen LogP contribution in [0.25, 0.3) is 0 Å². The number of thiophene rings is 1. The van der Waals surface area contributed by atoms with Crippen molar-refractivity contribution in [3.05, 3.63) is 75.0 Å². The number of aromatic hydroxyl groups is 2. The maximum Gasteiger partial charge on any atom is 0.163 e. The van der Waals surface area contributed by atoms with Crippen LogP contribution in [0.5, 0.6) is 17.2 Å². The molecule has 0 aliphatic rings. The van der Waals surface area contributed by atoms with Crippen LogP contribution in [-0.4, -0.2) is 53.4 Å². The van der Waals surface area contributed by atoms with E-state index in [-0.39, 0.29) is 34.2 Å². The van der Waals surface area contributed by atoms with Gasteiger partial charge in [-0.15, -0.1) is 11.3 Å². The molecule has 6 nitrogen and oxygen atoms in total. The molecule has 0 saturated heterocycles. The average molecular weight is 572 g/mol. The Morgan fingerprint density at radius 2 is 1.40 bits per heavy atom. The van der Waals surface area contributed by atoms with Gasteiger partial charge in [0.15, 0.2) is 11.6 Å². The highest BCUT2D eigenvalue weighted by atomic mass is 32.1. The van der Waals surface area contributed by atoms with Gasteiger partial charge in [0, 0.05) is 17.5 Å². The van der Waals surface area contributed by atoms with Crippen LogP contribution in [0.3, 0.4) is 0 Å². The Morgan fingerprint density at radius 1 is 0.825 bits per heavy atom. The van der Waals surface area contributed by atoms with Crippen molar-refractivity contribution >= 4 is 22.9 Å². The quantitative estimate of drug-likeness (QED) is 0.240. The van der Waals surface area contributed by atoms with Gasteiger partial charge in [-0.1, -0.05) is 53.7 Å². The molecule has 1 aromatic heterocycles. The van der Waals surface area contributed by atoms with Gasteiger partial charge in [-0.3, -0.25) is 9.59 Å². The maximum absolute atomic E-state index is 11.0. The topological polar surface area (TPSA) is 87.1 Å². The summed E-state index contributed by atoms with van der Waals surface area (Å²) >= 11 is 1.82. The van der Waals surface area contributed by atoms with Crippen LogP contribution in [-0.2, 0) is 19.3 Å². The Hall–Kier alpha value is -3.16. The van der Waals surface area contributed by atoms with Crippen molar-refractivity contribution in [3.8, 4) is 17.2 Å². The normalized spacial score (nSPS) is 9.85. The lowest BCUT2D eigenvalue weighted by atomic mass is 10.0. The molecule has 0 atom stereocenters. The number of ketones is 2. The summed E-state index contributed by atoms with van der Waals surface area (Å²) in [6, 6.07) is 12.9. The van der Waals surface area contributed by atoms with Crippen LogP contribution in [0, 0.1) is 0 Å². The zero-order valence-electron chi connectivity index (χ0n) is 25.8. The number of hydrogen-bond donors (Lipinski definition) is 2. The minimum absolute atomic E-state index is 0.0352. The van der Waals surface area contributed by atoms with Crippen LogP contribution in [0.4, 0.5) is 0 Å². The molecule has 2 aromatic carbocycles. The summed E-state index contributed by atoms with van der Waals surface area (Å²) in [5.41, 5.74) is 2.92. The second-order valence-corrected chi connectivity index (χ2v) is 9.85. The molecule has 3 aromatic rings. The lowest BCUT2D eigenvalue weighted by molar-refractivity contribution is 0.101. The first-order valence-corrected chi connectivity index (χ1v) is 15.0. The predicted octanol–water partition coefficient (Wildman–Crippen LogP) is 7.98. The van der Waals surface area contributed by atoms with E-state index in [4.69, 9.17) is 4.74 Å². The first-order valence-electron chi connectivity index (χ1n) is 14.1. The minimum atomic E-state index is -0.356. The summed E-state index contributed by atoms with van der Waals surface area (Å²) in [7, 11) is 2.11. The molecule has 0 spiro atoms. The van der Waals surface area contributed by atoms with E-state index in [1.54, 1.807) is 0 Å². The van der Waals surface area contributed by atoms with Gasteiger partial charge in [0.05, 0.1) is 11.1 Å². The molecule has 0 aliphatic carbocycles. The van der Waals surface area contributed by atoms with E-state index in [9.17, 15) is 19.8 Å². The Labute approximate surface area is 245 Å². The van der Waals surface area contributed by atoms with Gasteiger partial charge in [0.25, 0.3) is 0 Å². The monoisotopic (exact) mass is 571 g/mol. The number of carbonyl (C=O) groups excluding carboxylic acids is 2. The number of nitrogens with zero attached hydrogens (tertiary/aromatic N) is 1. The molecule has 1 heterocycles. The van der Waals surface area contributed by atoms with Gasteiger partial charge in [-0.2, -0.15) is 0 Å². The van der Waals surface area contributed by atoms with Crippen molar-refractivity contribution in [1.82, 2.24) is 4.90 Å². The van der Waals surface area contributed by atoms with Gasteiger partial charge in [0.1, 0.15) is 23.9 Å². The third-order valence-corrected chi connectivity index (χ3v) is 7.04. The van der Waals surface area contributed by atoms with Crippen molar-refractivity contribution in [2.75, 3.05) is 26.7 Å². The van der Waals surface area contributed by atoms with Crippen LogP contribution in [0.1, 0.15) is 92.1 Å². The largest absolute Gasteiger partial charge is 0.507 e. The number of carbonyl (C=O) groups is 2. The first-order chi connectivity index (χ1) is 19.1. The fourth-order valence-electron chi connectivity index (χ4n) is 3.50. The third kappa shape index (κ3) is 13.3. The van der Waals surface area contributed by atoms with Crippen LogP contribution >= 0.6 is 11.3 Å². The maximum atomic E-state index is 11.0. The lowest BCUT2D eigenvalue weighted by Crippen LogP contribution is -2.23. The van der Waals surface area contributed by atoms with E-state index in [1.807, 2.05) is 25.2 Å². The molecule has 7 heteroatoms. The number of benzene rings is 2. The van der Waals surface area contributed by atoms with Gasteiger partial charge in [-0.05, 0) is 87.5 Å². The third-order valence-electron chi connectivity index (χ3n) is 6.02. The molecular formula is C33H49NO5S. The minimum Gasteiger partial charge on any atom is -0.507 e. The van der Waals surface area contributed by atoms with Gasteiger partial charge < -0.3 is 19.8 Å². The van der Waals surface area contributed by atoms with Crippen molar-refractivity contribution in [2.24, 2.45) is 0 Å². The summed E-state index contributed by atoms with van der Waals surface area (Å²) in [5, 5.41) is 20.7. The molecule has 0 bridgehead atoms. The van der Waals surface area contributed by atoms with Gasteiger partial charge >= 0.3 is 0 Å². The summed E-state index contributed by atoms with van der Waals surface area (Å²) in [4.78, 5) is 25.7. The molecule has 0 amide bonds. The molecule has 0 saturated carbocycles. The van der Waals surface area contributed by atoms with E-state index in [2.05, 4.69) is 75.4 Å². The standard InChI is InChI=1S/C15H25NO.C10H10O4.C6H8S.C2H6/c1-5-13-8-9-15(12-14(13)6-2)17-11-10-16(4)7-3;1-5(11)7-3-8(6(2)12)10(14)4-9(7)13;1-2-6-4-3-5-7-6;1-2/h8-9,12H,5-7,10-11H2,1-4H3;3-4,13-14H,1-2H3;3-5H,2H2,1H3;1-2H3. The highest BCUT2D eigenvalue weighted by Crippen LogP contribution is 2.28. The number of rotatable bonds is 10. The second-order valence-electron chi connectivity index (χ2n) is 8.81. The predicted molar refractivity (Wildman–Crippen MR) is 169 cm³/mol.